The summed E-state index contributed by atoms with van der Waals surface area (Å²) in [7, 11) is 3.80. The number of aliphatic carboxylic acids is 1. The number of carboxylic acid groups (broad SMARTS) is 1. The second-order valence-electron chi connectivity index (χ2n) is 5.96. The van der Waals surface area contributed by atoms with Crippen LogP contribution in [0.15, 0.2) is 18.2 Å². The molecule has 0 aromatic heterocycles. The molecule has 0 radical (unpaired) electrons. The molecule has 1 aromatic rings. The molecule has 0 unspecified atom stereocenters. The predicted octanol–water partition coefficient (Wildman–Crippen LogP) is 1.75. The number of carbonyl (C=O) groups is 2. The lowest BCUT2D eigenvalue weighted by Gasteiger charge is -2.39. The summed E-state index contributed by atoms with van der Waals surface area (Å²) in [6, 6.07) is 3.50. The number of piperidine rings is 1. The van der Waals surface area contributed by atoms with Crippen molar-refractivity contribution >= 4 is 11.9 Å². The molecule has 2 atom stereocenters. The van der Waals surface area contributed by atoms with E-state index in [0.29, 0.717) is 24.9 Å². The second kappa shape index (κ2) is 6.44. The number of rotatable bonds is 3. The van der Waals surface area contributed by atoms with Gasteiger partial charge >= 0.3 is 5.97 Å². The van der Waals surface area contributed by atoms with Gasteiger partial charge in [0.05, 0.1) is 0 Å². The highest BCUT2D eigenvalue weighted by Crippen LogP contribution is 2.23. The Hall–Kier alpha value is -1.95. The first-order valence-electron chi connectivity index (χ1n) is 7.27. The number of halogens is 1. The van der Waals surface area contributed by atoms with Gasteiger partial charge in [-0.3, -0.25) is 4.79 Å². The van der Waals surface area contributed by atoms with Gasteiger partial charge in [-0.2, -0.15) is 0 Å². The summed E-state index contributed by atoms with van der Waals surface area (Å²) in [6.07, 6.45) is 1.08. The van der Waals surface area contributed by atoms with E-state index in [4.69, 9.17) is 0 Å². The number of aryl methyl sites for hydroxylation is 1. The van der Waals surface area contributed by atoms with Crippen LogP contribution in [0.25, 0.3) is 0 Å². The minimum Gasteiger partial charge on any atom is -0.480 e. The summed E-state index contributed by atoms with van der Waals surface area (Å²) in [5.41, 5.74) is 0.648. The van der Waals surface area contributed by atoms with Crippen molar-refractivity contribution in [1.82, 2.24) is 9.80 Å². The van der Waals surface area contributed by atoms with Gasteiger partial charge in [-0.1, -0.05) is 6.07 Å². The van der Waals surface area contributed by atoms with E-state index >= 15 is 0 Å². The summed E-state index contributed by atoms with van der Waals surface area (Å²) in [6.45, 7) is 1.97. The molecule has 1 heterocycles. The summed E-state index contributed by atoms with van der Waals surface area (Å²) < 4.78 is 13.6. The Labute approximate surface area is 129 Å². The highest BCUT2D eigenvalue weighted by atomic mass is 19.1. The molecule has 0 spiro atoms. The quantitative estimate of drug-likeness (QED) is 0.924. The third kappa shape index (κ3) is 3.27. The number of hydrogen-bond acceptors (Lipinski definition) is 3. The summed E-state index contributed by atoms with van der Waals surface area (Å²) in [4.78, 5) is 27.4. The highest BCUT2D eigenvalue weighted by Gasteiger charge is 2.37. The zero-order valence-corrected chi connectivity index (χ0v) is 13.0. The largest absolute Gasteiger partial charge is 0.480 e. The molecule has 0 aliphatic carbocycles. The molecule has 1 saturated heterocycles. The fourth-order valence-electron chi connectivity index (χ4n) is 2.78. The van der Waals surface area contributed by atoms with Crippen molar-refractivity contribution in [3.63, 3.8) is 0 Å². The molecule has 2 rings (SSSR count). The Morgan fingerprint density at radius 1 is 1.36 bits per heavy atom. The van der Waals surface area contributed by atoms with Crippen LogP contribution in [-0.4, -0.2) is 59.5 Å². The van der Waals surface area contributed by atoms with Gasteiger partial charge in [0, 0.05) is 18.2 Å². The first-order chi connectivity index (χ1) is 10.3. The van der Waals surface area contributed by atoms with E-state index in [-0.39, 0.29) is 11.6 Å². The number of likely N-dealkylation sites (tertiary alicyclic amines) is 1. The molecular formula is C16H21FN2O3. The Kier molecular flexibility index (Phi) is 4.81. The topological polar surface area (TPSA) is 60.9 Å². The minimum absolute atomic E-state index is 0.125. The van der Waals surface area contributed by atoms with E-state index in [2.05, 4.69) is 0 Å². The maximum absolute atomic E-state index is 13.6. The molecule has 1 N–H and O–H groups in total. The monoisotopic (exact) mass is 308 g/mol. The molecule has 1 amide bonds. The number of hydrogen-bond donors (Lipinski definition) is 1. The van der Waals surface area contributed by atoms with Crippen molar-refractivity contribution in [2.75, 3.05) is 20.6 Å². The number of nitrogens with zero attached hydrogens (tertiary/aromatic N) is 2. The average Bonchev–Trinajstić information content (AvgIpc) is 2.48. The lowest BCUT2D eigenvalue weighted by atomic mass is 9.95. The average molecular weight is 308 g/mol. The molecule has 1 aromatic carbocycles. The Morgan fingerprint density at radius 2 is 2.05 bits per heavy atom. The molecule has 1 fully saturated rings. The Balaban J connectivity index is 2.23. The second-order valence-corrected chi connectivity index (χ2v) is 5.96. The van der Waals surface area contributed by atoms with E-state index in [0.717, 1.165) is 0 Å². The van der Waals surface area contributed by atoms with Crippen LogP contribution in [0.2, 0.25) is 0 Å². The van der Waals surface area contributed by atoms with Crippen LogP contribution in [-0.2, 0) is 4.79 Å². The van der Waals surface area contributed by atoms with Crippen LogP contribution in [0.5, 0.6) is 0 Å². The molecule has 0 bridgehead atoms. The van der Waals surface area contributed by atoms with Crippen LogP contribution in [0.3, 0.4) is 0 Å². The molecule has 0 saturated carbocycles. The van der Waals surface area contributed by atoms with Gasteiger partial charge in [0.2, 0.25) is 0 Å². The molecule has 22 heavy (non-hydrogen) atoms. The van der Waals surface area contributed by atoms with E-state index in [9.17, 15) is 19.1 Å². The van der Waals surface area contributed by atoms with Crippen molar-refractivity contribution in [3.8, 4) is 0 Å². The molecule has 5 nitrogen and oxygen atoms in total. The lowest BCUT2D eigenvalue weighted by Crippen LogP contribution is -2.53. The third-order valence-electron chi connectivity index (χ3n) is 4.27. The van der Waals surface area contributed by atoms with Crippen molar-refractivity contribution < 1.29 is 19.1 Å². The van der Waals surface area contributed by atoms with Crippen LogP contribution in [0.4, 0.5) is 4.39 Å². The zero-order valence-electron chi connectivity index (χ0n) is 13.0. The van der Waals surface area contributed by atoms with Gasteiger partial charge in [0.1, 0.15) is 11.9 Å². The number of benzene rings is 1. The Morgan fingerprint density at radius 3 is 2.59 bits per heavy atom. The molecule has 1 aliphatic rings. The van der Waals surface area contributed by atoms with Gasteiger partial charge in [-0.25, -0.2) is 9.18 Å². The Bertz CT molecular complexity index is 589. The van der Waals surface area contributed by atoms with E-state index in [1.165, 1.54) is 23.1 Å². The minimum atomic E-state index is -1.02. The number of carboxylic acids is 1. The van der Waals surface area contributed by atoms with E-state index in [1.807, 2.05) is 19.0 Å². The smallest absolute Gasteiger partial charge is 0.326 e. The number of carbonyl (C=O) groups excluding carboxylic acids is 1. The fourth-order valence-corrected chi connectivity index (χ4v) is 2.78. The van der Waals surface area contributed by atoms with Gasteiger partial charge < -0.3 is 14.9 Å². The summed E-state index contributed by atoms with van der Waals surface area (Å²) >= 11 is 0. The molecule has 1 aliphatic heterocycles. The van der Waals surface area contributed by atoms with Crippen molar-refractivity contribution in [1.29, 1.82) is 0 Å². The van der Waals surface area contributed by atoms with Gasteiger partial charge in [0.25, 0.3) is 5.91 Å². The normalized spacial score (nSPS) is 22.0. The van der Waals surface area contributed by atoms with Gasteiger partial charge in [-0.15, -0.1) is 0 Å². The summed E-state index contributed by atoms with van der Waals surface area (Å²) in [5, 5.41) is 9.42. The standard InChI is InChI=1S/C16H21FN2O3/c1-10-4-5-11(8-13(10)17)15(20)19-7-6-12(18(2)3)9-14(19)16(21)22/h4-5,8,12,14H,6-7,9H2,1-3H3,(H,21,22)/t12-,14-/m1/s1. The third-order valence-corrected chi connectivity index (χ3v) is 4.27. The predicted molar refractivity (Wildman–Crippen MR) is 80.3 cm³/mol. The van der Waals surface area contributed by atoms with Crippen molar-refractivity contribution in [2.45, 2.75) is 31.8 Å². The summed E-state index contributed by atoms with van der Waals surface area (Å²) in [5.74, 6) is -1.91. The van der Waals surface area contributed by atoms with Gasteiger partial charge in [0.15, 0.2) is 0 Å². The van der Waals surface area contributed by atoms with Crippen LogP contribution >= 0.6 is 0 Å². The zero-order chi connectivity index (χ0) is 16.4. The maximum atomic E-state index is 13.6. The maximum Gasteiger partial charge on any atom is 0.326 e. The van der Waals surface area contributed by atoms with Crippen molar-refractivity contribution in [2.24, 2.45) is 0 Å². The van der Waals surface area contributed by atoms with Gasteiger partial charge in [-0.05, 0) is 51.6 Å². The first kappa shape index (κ1) is 16.4. The first-order valence-corrected chi connectivity index (χ1v) is 7.27. The molecule has 120 valence electrons. The highest BCUT2D eigenvalue weighted by molar-refractivity contribution is 5.96. The number of amides is 1. The van der Waals surface area contributed by atoms with Crippen LogP contribution in [0, 0.1) is 12.7 Å². The molecular weight excluding hydrogens is 287 g/mol. The van der Waals surface area contributed by atoms with Crippen LogP contribution < -0.4 is 0 Å². The molecule has 6 heteroatoms. The van der Waals surface area contributed by atoms with E-state index < -0.39 is 23.7 Å². The SMILES string of the molecule is Cc1ccc(C(=O)N2CC[C@@H](N(C)C)C[C@@H]2C(=O)O)cc1F. The van der Waals surface area contributed by atoms with E-state index in [1.54, 1.807) is 6.92 Å². The lowest BCUT2D eigenvalue weighted by molar-refractivity contribution is -0.144. The van der Waals surface area contributed by atoms with Crippen LogP contribution in [0.1, 0.15) is 28.8 Å². The van der Waals surface area contributed by atoms with Crippen molar-refractivity contribution in [3.05, 3.63) is 35.1 Å². The fraction of sp³-hybridized carbons (Fsp3) is 0.500.